The van der Waals surface area contributed by atoms with Gasteiger partial charge in [0, 0.05) is 0 Å². The van der Waals surface area contributed by atoms with Crippen LogP contribution in [0.2, 0.25) is 0 Å². The molecular weight excluding hydrogens is 419 g/mol. The van der Waals surface area contributed by atoms with Gasteiger partial charge in [0.25, 0.3) is 5.91 Å². The molecule has 0 aliphatic rings. The number of carboxylic acids is 1. The summed E-state index contributed by atoms with van der Waals surface area (Å²) in [5, 5.41) is 18.3. The number of nitrogens with one attached hydrogen (secondary N) is 1. The number of hydrogen-bond donors (Lipinski definition) is 3. The fourth-order valence-electron chi connectivity index (χ4n) is 2.76. The Kier molecular flexibility index (Phi) is 6.80. The van der Waals surface area contributed by atoms with E-state index in [9.17, 15) is 27.5 Å². The predicted octanol–water partition coefficient (Wildman–Crippen LogP) is 2.37. The topological polar surface area (TPSA) is 133 Å². The zero-order chi connectivity index (χ0) is 22.7. The van der Waals surface area contributed by atoms with E-state index >= 15 is 0 Å². The Hall–Kier alpha value is -3.02. The van der Waals surface area contributed by atoms with Gasteiger partial charge in [-0.25, -0.2) is 18.3 Å². The summed E-state index contributed by atoms with van der Waals surface area (Å²) in [6.07, 6.45) is 0. The number of carbonyl (C=O) groups is 2. The largest absolute Gasteiger partial charge is 0.480 e. The summed E-state index contributed by atoms with van der Waals surface area (Å²) >= 11 is 0. The van der Waals surface area contributed by atoms with Crippen molar-refractivity contribution in [3.63, 3.8) is 0 Å². The molecule has 2 aromatic rings. The number of ether oxygens (including phenoxy) is 1. The normalized spacial score (nSPS) is 13.0. The van der Waals surface area contributed by atoms with Crippen molar-refractivity contribution in [1.29, 1.82) is 0 Å². The number of carboxylic acid groups (broad SMARTS) is 1. The van der Waals surface area contributed by atoms with Crippen LogP contribution in [-0.4, -0.2) is 46.5 Å². The van der Waals surface area contributed by atoms with Gasteiger partial charge >= 0.3 is 5.97 Å². The van der Waals surface area contributed by atoms with Gasteiger partial charge in [-0.1, -0.05) is 0 Å². The molecule has 0 bridgehead atoms. The first-order valence-electron chi connectivity index (χ1n) is 8.66. The number of benzene rings is 2. The average Bonchev–Trinajstić information content (AvgIpc) is 2.69. The lowest BCUT2D eigenvalue weighted by molar-refractivity contribution is -0.146. The second-order valence-corrected chi connectivity index (χ2v) is 8.66. The van der Waals surface area contributed by atoms with E-state index in [1.54, 1.807) is 0 Å². The molecule has 162 valence electrons. The second-order valence-electron chi connectivity index (χ2n) is 6.84. The quantitative estimate of drug-likeness (QED) is 0.424. The predicted molar refractivity (Wildman–Crippen MR) is 103 cm³/mol. The molecule has 0 heterocycles. The zero-order valence-electron chi connectivity index (χ0n) is 16.4. The number of hydroxylamine groups is 1. The molecule has 0 aliphatic heterocycles. The highest BCUT2D eigenvalue weighted by Gasteiger charge is 2.47. The van der Waals surface area contributed by atoms with Crippen LogP contribution in [-0.2, 0) is 19.6 Å². The summed E-state index contributed by atoms with van der Waals surface area (Å²) in [5.74, 6) is -2.44. The van der Waals surface area contributed by atoms with E-state index in [0.29, 0.717) is 10.1 Å². The molecule has 3 N–H and O–H groups in total. The van der Waals surface area contributed by atoms with E-state index in [2.05, 4.69) is 0 Å². The molecule has 0 saturated carbocycles. The molecule has 0 radical (unpaired) electrons. The maximum absolute atomic E-state index is 13.2. The van der Waals surface area contributed by atoms with Gasteiger partial charge in [0.15, 0.2) is 0 Å². The lowest BCUT2D eigenvalue weighted by atomic mass is 10.0. The molecule has 0 fully saturated rings. The molecule has 1 unspecified atom stereocenters. The summed E-state index contributed by atoms with van der Waals surface area (Å²) in [6.45, 7) is 3.45. The molecule has 0 aromatic heterocycles. The summed E-state index contributed by atoms with van der Waals surface area (Å²) in [5.41, 5.74) is -0.563. The summed E-state index contributed by atoms with van der Waals surface area (Å²) in [6, 6.07) is 8.61. The molecule has 0 spiro atoms. The van der Waals surface area contributed by atoms with Crippen LogP contribution < -0.4 is 10.2 Å². The molecular formula is C19H21FN2O7S. The number of sulfonamides is 1. The molecule has 2 rings (SSSR count). The third kappa shape index (κ3) is 4.75. The number of halogens is 1. The van der Waals surface area contributed by atoms with Crippen LogP contribution in [0.15, 0.2) is 53.4 Å². The van der Waals surface area contributed by atoms with Crippen molar-refractivity contribution < 1.29 is 37.4 Å². The molecule has 30 heavy (non-hydrogen) atoms. The van der Waals surface area contributed by atoms with Crippen molar-refractivity contribution in [2.75, 3.05) is 0 Å². The monoisotopic (exact) mass is 440 g/mol. The minimum absolute atomic E-state index is 0.255. The minimum atomic E-state index is -4.48. The van der Waals surface area contributed by atoms with Crippen LogP contribution >= 0.6 is 0 Å². The standard InChI is InChI=1S/C19H21FN2O7S/c1-12(17(23)24)22(19(2,3)18(25)21-26)30(27,28)16-10-8-15(9-11-16)29-14-6-4-13(20)5-7-14/h4-12,26H,1-3H3,(H,21,25)(H,23,24). The van der Waals surface area contributed by atoms with Crippen molar-refractivity contribution in [2.45, 2.75) is 37.2 Å². The summed E-state index contributed by atoms with van der Waals surface area (Å²) in [7, 11) is -4.48. The molecule has 11 heteroatoms. The third-order valence-corrected chi connectivity index (χ3v) is 6.51. The summed E-state index contributed by atoms with van der Waals surface area (Å²) in [4.78, 5) is 23.3. The van der Waals surface area contributed by atoms with Crippen molar-refractivity contribution >= 4 is 21.9 Å². The Labute approximate surface area is 172 Å². The fraction of sp³-hybridized carbons (Fsp3) is 0.263. The minimum Gasteiger partial charge on any atom is -0.480 e. The van der Waals surface area contributed by atoms with Crippen LogP contribution in [0.1, 0.15) is 20.8 Å². The van der Waals surface area contributed by atoms with E-state index in [1.165, 1.54) is 67.9 Å². The average molecular weight is 440 g/mol. The number of carbonyl (C=O) groups excluding carboxylic acids is 1. The first-order chi connectivity index (χ1) is 13.9. The molecule has 2 aromatic carbocycles. The highest BCUT2D eigenvalue weighted by molar-refractivity contribution is 7.89. The number of amides is 1. The van der Waals surface area contributed by atoms with E-state index in [0.717, 1.165) is 6.92 Å². The van der Waals surface area contributed by atoms with Gasteiger partial charge in [0.2, 0.25) is 10.0 Å². The lowest BCUT2D eigenvalue weighted by Gasteiger charge is -2.37. The van der Waals surface area contributed by atoms with Crippen LogP contribution in [0.25, 0.3) is 0 Å². The van der Waals surface area contributed by atoms with Gasteiger partial charge in [-0.15, -0.1) is 0 Å². The Morgan fingerprint density at radius 3 is 1.97 bits per heavy atom. The van der Waals surface area contributed by atoms with Crippen LogP contribution in [0, 0.1) is 5.82 Å². The van der Waals surface area contributed by atoms with E-state index < -0.39 is 39.3 Å². The van der Waals surface area contributed by atoms with Gasteiger partial charge in [-0.2, -0.15) is 4.31 Å². The number of rotatable bonds is 8. The Morgan fingerprint density at radius 1 is 1.07 bits per heavy atom. The van der Waals surface area contributed by atoms with Crippen molar-refractivity contribution in [2.24, 2.45) is 0 Å². The number of hydrogen-bond acceptors (Lipinski definition) is 6. The summed E-state index contributed by atoms with van der Waals surface area (Å²) < 4.78 is 45.3. The highest BCUT2D eigenvalue weighted by atomic mass is 32.2. The highest BCUT2D eigenvalue weighted by Crippen LogP contribution is 2.30. The van der Waals surface area contributed by atoms with Gasteiger partial charge < -0.3 is 9.84 Å². The smallest absolute Gasteiger partial charge is 0.321 e. The van der Waals surface area contributed by atoms with Gasteiger partial charge in [-0.3, -0.25) is 14.8 Å². The van der Waals surface area contributed by atoms with Crippen molar-refractivity contribution in [1.82, 2.24) is 9.79 Å². The Bertz CT molecular complexity index is 1020. The molecule has 1 amide bonds. The van der Waals surface area contributed by atoms with Gasteiger partial charge in [0.1, 0.15) is 28.9 Å². The van der Waals surface area contributed by atoms with Crippen LogP contribution in [0.3, 0.4) is 0 Å². The van der Waals surface area contributed by atoms with E-state index in [1.807, 2.05) is 0 Å². The number of nitrogens with zero attached hydrogens (tertiary/aromatic N) is 1. The van der Waals surface area contributed by atoms with Crippen LogP contribution in [0.5, 0.6) is 11.5 Å². The molecule has 0 saturated heterocycles. The molecule has 9 nitrogen and oxygen atoms in total. The third-order valence-electron chi connectivity index (χ3n) is 4.35. The maximum Gasteiger partial charge on any atom is 0.321 e. The first-order valence-corrected chi connectivity index (χ1v) is 10.1. The first kappa shape index (κ1) is 23.3. The molecule has 1 atom stereocenters. The SMILES string of the molecule is CC(C(=O)O)N(C(C)(C)C(=O)NO)S(=O)(=O)c1ccc(Oc2ccc(F)cc2)cc1. The van der Waals surface area contributed by atoms with Gasteiger partial charge in [0.05, 0.1) is 4.90 Å². The maximum atomic E-state index is 13.2. The number of aliphatic carboxylic acids is 1. The molecule has 0 aliphatic carbocycles. The van der Waals surface area contributed by atoms with Gasteiger partial charge in [-0.05, 0) is 69.3 Å². The fourth-order valence-corrected chi connectivity index (χ4v) is 4.66. The lowest BCUT2D eigenvalue weighted by Crippen LogP contribution is -2.61. The van der Waals surface area contributed by atoms with E-state index in [-0.39, 0.29) is 10.6 Å². The zero-order valence-corrected chi connectivity index (χ0v) is 17.2. The Morgan fingerprint density at radius 2 is 1.53 bits per heavy atom. The van der Waals surface area contributed by atoms with Crippen molar-refractivity contribution in [3.05, 3.63) is 54.3 Å². The van der Waals surface area contributed by atoms with Crippen LogP contribution in [0.4, 0.5) is 4.39 Å². The second kappa shape index (κ2) is 8.78. The van der Waals surface area contributed by atoms with Crippen molar-refractivity contribution in [3.8, 4) is 11.5 Å². The Balaban J connectivity index is 2.41. The van der Waals surface area contributed by atoms with E-state index in [4.69, 9.17) is 9.94 Å².